The van der Waals surface area contributed by atoms with Gasteiger partial charge in [0.25, 0.3) is 5.91 Å². The van der Waals surface area contributed by atoms with Gasteiger partial charge < -0.3 is 15.0 Å². The summed E-state index contributed by atoms with van der Waals surface area (Å²) in [6, 6.07) is 12.9. The second-order valence-corrected chi connectivity index (χ2v) is 10.8. The number of hydrogen-bond donors (Lipinski definition) is 5. The molecule has 0 spiro atoms. The van der Waals surface area contributed by atoms with Crippen LogP contribution in [0.3, 0.4) is 0 Å². The molecule has 1 heterocycles. The minimum atomic E-state index is -3.51. The van der Waals surface area contributed by atoms with Crippen molar-refractivity contribution in [3.63, 3.8) is 0 Å². The van der Waals surface area contributed by atoms with Crippen LogP contribution in [0.4, 0.5) is 11.4 Å². The highest BCUT2D eigenvalue weighted by Crippen LogP contribution is 2.21. The Bertz CT molecular complexity index is 1350. The number of carbonyl (C=O) groups excluding carboxylic acids is 1. The van der Waals surface area contributed by atoms with E-state index in [-0.39, 0.29) is 40.8 Å². The lowest BCUT2D eigenvalue weighted by atomic mass is 10.0. The number of carbonyl (C=O) groups is 1. The smallest absolute Gasteiger partial charge is 0.259 e. The first kappa shape index (κ1) is 28.5. The summed E-state index contributed by atoms with van der Waals surface area (Å²) in [5, 5.41) is 27.1. The molecule has 0 saturated carbocycles. The Labute approximate surface area is 223 Å². The van der Waals surface area contributed by atoms with E-state index in [1.165, 1.54) is 24.0 Å². The van der Waals surface area contributed by atoms with E-state index >= 15 is 0 Å². The zero-order valence-electron chi connectivity index (χ0n) is 21.6. The summed E-state index contributed by atoms with van der Waals surface area (Å²) < 4.78 is 30.7. The van der Waals surface area contributed by atoms with Crippen LogP contribution in [0.25, 0.3) is 0 Å². The number of benzene rings is 2. The van der Waals surface area contributed by atoms with Gasteiger partial charge in [0.05, 0.1) is 6.26 Å². The van der Waals surface area contributed by atoms with Crippen LogP contribution in [-0.4, -0.2) is 74.2 Å². The topological polar surface area (TPSA) is 163 Å². The predicted molar refractivity (Wildman–Crippen MR) is 150 cm³/mol. The first-order valence-corrected chi connectivity index (χ1v) is 13.9. The van der Waals surface area contributed by atoms with Gasteiger partial charge in [-0.2, -0.15) is 0 Å². The quantitative estimate of drug-likeness (QED) is 0.254. The van der Waals surface area contributed by atoms with Crippen LogP contribution >= 0.6 is 0 Å². The van der Waals surface area contributed by atoms with E-state index in [9.17, 15) is 13.2 Å². The standard InChI is InChI=1S/C26H33N7O4S/c1-18(27)37-25(29)19-6-4-8-21(16-19)30-13-10-24(28)33(23-11-14-32(2)15-12-23)26(34)20-7-5-9-22(17-20)31-38(3,35)36/h4-10,13,16-17,23,27-31H,11-12,14-15H2,1-3H3/b13-10-,27-18?,28-24?,29-25?. The summed E-state index contributed by atoms with van der Waals surface area (Å²) in [5.74, 6) is -0.631. The Morgan fingerprint density at radius 1 is 1.05 bits per heavy atom. The molecule has 1 aliphatic heterocycles. The predicted octanol–water partition coefficient (Wildman–Crippen LogP) is 3.54. The van der Waals surface area contributed by atoms with Crippen LogP contribution in [0, 0.1) is 16.2 Å². The molecule has 0 unspecified atom stereocenters. The summed E-state index contributed by atoms with van der Waals surface area (Å²) in [5.41, 5.74) is 1.67. The van der Waals surface area contributed by atoms with Gasteiger partial charge in [0.2, 0.25) is 15.9 Å². The number of piperidine rings is 1. The Kier molecular flexibility index (Phi) is 9.37. The summed E-state index contributed by atoms with van der Waals surface area (Å²) in [4.78, 5) is 17.2. The van der Waals surface area contributed by atoms with Crippen LogP contribution in [-0.2, 0) is 14.8 Å². The summed E-state index contributed by atoms with van der Waals surface area (Å²) in [7, 11) is -1.50. The Morgan fingerprint density at radius 2 is 1.66 bits per heavy atom. The maximum absolute atomic E-state index is 13.6. The van der Waals surface area contributed by atoms with E-state index in [0.717, 1.165) is 19.3 Å². The average Bonchev–Trinajstić information content (AvgIpc) is 2.84. The molecule has 1 fully saturated rings. The van der Waals surface area contributed by atoms with E-state index in [1.807, 2.05) is 7.05 Å². The molecule has 202 valence electrons. The summed E-state index contributed by atoms with van der Waals surface area (Å²) >= 11 is 0. The molecule has 0 aromatic heterocycles. The molecule has 3 rings (SSSR count). The molecular weight excluding hydrogens is 506 g/mol. The van der Waals surface area contributed by atoms with E-state index in [2.05, 4.69) is 14.9 Å². The van der Waals surface area contributed by atoms with Crippen molar-refractivity contribution in [2.75, 3.05) is 36.4 Å². The highest BCUT2D eigenvalue weighted by molar-refractivity contribution is 7.92. The number of rotatable bonds is 8. The van der Waals surface area contributed by atoms with Crippen molar-refractivity contribution in [3.05, 3.63) is 71.9 Å². The highest BCUT2D eigenvalue weighted by Gasteiger charge is 2.30. The van der Waals surface area contributed by atoms with E-state index < -0.39 is 10.0 Å². The lowest BCUT2D eigenvalue weighted by Gasteiger charge is -2.36. The van der Waals surface area contributed by atoms with Crippen molar-refractivity contribution < 1.29 is 17.9 Å². The molecule has 1 aliphatic rings. The molecule has 1 amide bonds. The fourth-order valence-corrected chi connectivity index (χ4v) is 4.61. The molecule has 0 radical (unpaired) electrons. The van der Waals surface area contributed by atoms with E-state index in [1.54, 1.807) is 48.7 Å². The van der Waals surface area contributed by atoms with Crippen molar-refractivity contribution >= 4 is 44.9 Å². The van der Waals surface area contributed by atoms with E-state index in [4.69, 9.17) is 21.0 Å². The molecule has 0 aliphatic carbocycles. The van der Waals surface area contributed by atoms with Crippen molar-refractivity contribution in [1.82, 2.24) is 9.80 Å². The van der Waals surface area contributed by atoms with Gasteiger partial charge in [0.1, 0.15) is 5.84 Å². The van der Waals surface area contributed by atoms with Crippen molar-refractivity contribution in [1.29, 1.82) is 16.2 Å². The van der Waals surface area contributed by atoms with Gasteiger partial charge >= 0.3 is 0 Å². The number of amidine groups is 1. The number of anilines is 2. The zero-order chi connectivity index (χ0) is 27.9. The molecule has 1 saturated heterocycles. The lowest BCUT2D eigenvalue weighted by molar-refractivity contribution is 0.0748. The molecule has 2 aromatic carbocycles. The maximum Gasteiger partial charge on any atom is 0.259 e. The van der Waals surface area contributed by atoms with Gasteiger partial charge in [0.15, 0.2) is 5.90 Å². The van der Waals surface area contributed by atoms with Crippen LogP contribution in [0.2, 0.25) is 0 Å². The van der Waals surface area contributed by atoms with E-state index in [0.29, 0.717) is 24.1 Å². The Morgan fingerprint density at radius 3 is 2.29 bits per heavy atom. The molecule has 12 heteroatoms. The van der Waals surface area contributed by atoms with Crippen LogP contribution in [0.5, 0.6) is 0 Å². The normalized spacial score (nSPS) is 14.6. The summed E-state index contributed by atoms with van der Waals surface area (Å²) in [6.45, 7) is 3.02. The summed E-state index contributed by atoms with van der Waals surface area (Å²) in [6.07, 6.45) is 5.48. The second-order valence-electron chi connectivity index (χ2n) is 9.10. The molecule has 5 N–H and O–H groups in total. The fraction of sp³-hybridized carbons (Fsp3) is 0.308. The maximum atomic E-state index is 13.6. The SMILES string of the molecule is CC(=N)OC(=N)c1cccc(N/C=C\C(=N)N(C(=O)c2cccc(NS(C)(=O)=O)c2)C2CCN(C)CC2)c1. The molecule has 0 bridgehead atoms. The second kappa shape index (κ2) is 12.5. The van der Waals surface area contributed by atoms with Gasteiger partial charge in [-0.25, -0.2) is 8.42 Å². The molecule has 2 aromatic rings. The number of hydrogen-bond acceptors (Lipinski definition) is 9. The number of nitrogens with one attached hydrogen (secondary N) is 5. The largest absolute Gasteiger partial charge is 0.426 e. The van der Waals surface area contributed by atoms with Crippen LogP contribution in [0.15, 0.2) is 60.8 Å². The lowest BCUT2D eigenvalue weighted by Crippen LogP contribution is -2.48. The van der Waals surface area contributed by atoms with Gasteiger partial charge in [-0.3, -0.25) is 30.6 Å². The molecule has 0 atom stereocenters. The number of amides is 1. The van der Waals surface area contributed by atoms with Crippen LogP contribution in [0.1, 0.15) is 35.7 Å². The van der Waals surface area contributed by atoms with Crippen molar-refractivity contribution in [3.8, 4) is 0 Å². The minimum Gasteiger partial charge on any atom is -0.426 e. The Balaban J connectivity index is 1.80. The molecular formula is C26H33N7O4S. The highest BCUT2D eigenvalue weighted by atomic mass is 32.2. The average molecular weight is 540 g/mol. The third kappa shape index (κ3) is 8.25. The Hall–Kier alpha value is -4.03. The first-order chi connectivity index (χ1) is 17.9. The first-order valence-electron chi connectivity index (χ1n) is 12.0. The monoisotopic (exact) mass is 539 g/mol. The number of ether oxygens (including phenoxy) is 1. The number of likely N-dealkylation sites (tertiary alicyclic amines) is 1. The molecule has 11 nitrogen and oxygen atoms in total. The van der Waals surface area contributed by atoms with Crippen molar-refractivity contribution in [2.24, 2.45) is 0 Å². The third-order valence-electron chi connectivity index (χ3n) is 5.82. The minimum absolute atomic E-state index is 0.00908. The number of sulfonamides is 1. The van der Waals surface area contributed by atoms with Crippen LogP contribution < -0.4 is 10.0 Å². The van der Waals surface area contributed by atoms with Gasteiger partial charge in [0, 0.05) is 41.7 Å². The van der Waals surface area contributed by atoms with Gasteiger partial charge in [-0.1, -0.05) is 12.1 Å². The van der Waals surface area contributed by atoms with Crippen molar-refractivity contribution in [2.45, 2.75) is 25.8 Å². The zero-order valence-corrected chi connectivity index (χ0v) is 22.4. The third-order valence-corrected chi connectivity index (χ3v) is 6.42. The van der Waals surface area contributed by atoms with Gasteiger partial charge in [-0.05, 0) is 75.5 Å². The molecule has 38 heavy (non-hydrogen) atoms. The van der Waals surface area contributed by atoms with Gasteiger partial charge in [-0.15, -0.1) is 0 Å². The fourth-order valence-electron chi connectivity index (χ4n) is 4.05. The number of nitrogens with zero attached hydrogens (tertiary/aromatic N) is 2.